The van der Waals surface area contributed by atoms with E-state index in [1.165, 1.54) is 3.57 Å². The van der Waals surface area contributed by atoms with Crippen molar-refractivity contribution >= 4 is 28.4 Å². The molecule has 0 N–H and O–H groups in total. The molecule has 1 aromatic rings. The Morgan fingerprint density at radius 3 is 2.24 bits per heavy atom. The summed E-state index contributed by atoms with van der Waals surface area (Å²) in [6.07, 6.45) is 0. The fourth-order valence-electron chi connectivity index (χ4n) is 2.44. The smallest absolute Gasteiger partial charge is 0.176 e. The molecular weight excluding hydrogens is 377 g/mol. The van der Waals surface area contributed by atoms with Crippen LogP contribution in [0.2, 0.25) is 0 Å². The van der Waals surface area contributed by atoms with E-state index in [2.05, 4.69) is 51.4 Å². The number of carbonyl (C=O) groups is 1. The molecule has 0 spiro atoms. The van der Waals surface area contributed by atoms with Crippen molar-refractivity contribution in [1.29, 1.82) is 0 Å². The molecule has 5 heteroatoms. The van der Waals surface area contributed by atoms with Crippen LogP contribution in [-0.4, -0.2) is 80.4 Å². The molecular formula is C16H24IN3O. The number of piperazine rings is 1. The van der Waals surface area contributed by atoms with E-state index >= 15 is 0 Å². The molecule has 0 aliphatic carbocycles. The zero-order chi connectivity index (χ0) is 15.2. The number of hydrogen-bond acceptors (Lipinski definition) is 4. The molecule has 0 aromatic heterocycles. The van der Waals surface area contributed by atoms with E-state index in [1.54, 1.807) is 0 Å². The summed E-state index contributed by atoms with van der Waals surface area (Å²) in [4.78, 5) is 19.2. The monoisotopic (exact) mass is 401 g/mol. The van der Waals surface area contributed by atoms with E-state index < -0.39 is 0 Å². The Kier molecular flexibility index (Phi) is 6.60. The van der Waals surface area contributed by atoms with Crippen molar-refractivity contribution in [3.05, 3.63) is 33.4 Å². The highest BCUT2D eigenvalue weighted by atomic mass is 127. The molecule has 0 unspecified atom stereocenters. The molecule has 1 saturated heterocycles. The first kappa shape index (κ1) is 16.9. The van der Waals surface area contributed by atoms with Crippen LogP contribution in [0.1, 0.15) is 10.4 Å². The van der Waals surface area contributed by atoms with Crippen LogP contribution in [0.5, 0.6) is 0 Å². The predicted octanol–water partition coefficient (Wildman–Crippen LogP) is 1.65. The number of rotatable bonds is 6. The normalized spacial score (nSPS) is 17.3. The van der Waals surface area contributed by atoms with E-state index in [0.29, 0.717) is 6.54 Å². The van der Waals surface area contributed by atoms with Gasteiger partial charge in [-0.05, 0) is 48.8 Å². The molecule has 21 heavy (non-hydrogen) atoms. The Bertz CT molecular complexity index is 453. The maximum Gasteiger partial charge on any atom is 0.176 e. The third-order valence-corrected chi connectivity index (χ3v) is 4.58. The molecule has 1 aromatic carbocycles. The van der Waals surface area contributed by atoms with Gasteiger partial charge in [0.1, 0.15) is 0 Å². The lowest BCUT2D eigenvalue weighted by molar-refractivity contribution is 0.0844. The average molecular weight is 401 g/mol. The van der Waals surface area contributed by atoms with Crippen LogP contribution in [0.3, 0.4) is 0 Å². The van der Waals surface area contributed by atoms with Gasteiger partial charge >= 0.3 is 0 Å². The van der Waals surface area contributed by atoms with Crippen LogP contribution in [0.15, 0.2) is 24.3 Å². The number of nitrogens with zero attached hydrogens (tertiary/aromatic N) is 3. The molecule has 0 saturated carbocycles. The minimum absolute atomic E-state index is 0.230. The Morgan fingerprint density at radius 2 is 1.67 bits per heavy atom. The molecule has 0 radical (unpaired) electrons. The van der Waals surface area contributed by atoms with Crippen LogP contribution in [0, 0.1) is 3.57 Å². The van der Waals surface area contributed by atoms with Crippen LogP contribution in [0.25, 0.3) is 0 Å². The van der Waals surface area contributed by atoms with Gasteiger partial charge in [0, 0.05) is 48.4 Å². The van der Waals surface area contributed by atoms with Gasteiger partial charge in [0.05, 0.1) is 6.54 Å². The molecule has 1 heterocycles. The van der Waals surface area contributed by atoms with Crippen molar-refractivity contribution in [2.45, 2.75) is 0 Å². The Morgan fingerprint density at radius 1 is 1.10 bits per heavy atom. The number of Topliss-reactive ketones (excluding diaryl/α,β-unsaturated/α-hetero) is 1. The quantitative estimate of drug-likeness (QED) is 0.535. The first-order valence-corrected chi connectivity index (χ1v) is 8.50. The van der Waals surface area contributed by atoms with Gasteiger partial charge in [0.2, 0.25) is 0 Å². The molecule has 4 nitrogen and oxygen atoms in total. The summed E-state index contributed by atoms with van der Waals surface area (Å²) in [5.41, 5.74) is 0.824. The molecule has 1 fully saturated rings. The maximum absolute atomic E-state index is 12.3. The molecule has 116 valence electrons. The first-order chi connectivity index (χ1) is 10.0. The van der Waals surface area contributed by atoms with Crippen molar-refractivity contribution in [2.24, 2.45) is 0 Å². The van der Waals surface area contributed by atoms with E-state index in [0.717, 1.165) is 44.8 Å². The summed E-state index contributed by atoms with van der Waals surface area (Å²) in [6, 6.07) is 7.84. The van der Waals surface area contributed by atoms with Gasteiger partial charge in [-0.2, -0.15) is 0 Å². The molecule has 2 rings (SSSR count). The fraction of sp³-hybridized carbons (Fsp3) is 0.562. The summed E-state index contributed by atoms with van der Waals surface area (Å²) in [6.45, 7) is 6.87. The number of ketones is 1. The molecule has 0 amide bonds. The van der Waals surface area contributed by atoms with E-state index in [9.17, 15) is 4.79 Å². The van der Waals surface area contributed by atoms with Crippen LogP contribution >= 0.6 is 22.6 Å². The lowest BCUT2D eigenvalue weighted by Crippen LogP contribution is -2.49. The van der Waals surface area contributed by atoms with Crippen molar-refractivity contribution in [3.8, 4) is 0 Å². The summed E-state index contributed by atoms with van der Waals surface area (Å²) < 4.78 is 1.17. The summed E-state index contributed by atoms with van der Waals surface area (Å²) in [7, 11) is 4.21. The second kappa shape index (κ2) is 8.22. The van der Waals surface area contributed by atoms with Gasteiger partial charge in [-0.1, -0.05) is 12.1 Å². The third kappa shape index (κ3) is 5.65. The van der Waals surface area contributed by atoms with Gasteiger partial charge in [-0.15, -0.1) is 0 Å². The van der Waals surface area contributed by atoms with Crippen molar-refractivity contribution in [1.82, 2.24) is 14.7 Å². The van der Waals surface area contributed by atoms with Crippen molar-refractivity contribution < 1.29 is 4.79 Å². The standard InChI is InChI=1S/C16H24IN3O/c1-18(2)7-8-19-9-11-20(12-10-19)13-16(21)14-3-5-15(17)6-4-14/h3-6H,7-13H2,1-2H3. The predicted molar refractivity (Wildman–Crippen MR) is 94.9 cm³/mol. The summed E-state index contributed by atoms with van der Waals surface area (Å²) in [5.74, 6) is 0.230. The molecule has 0 bridgehead atoms. The lowest BCUT2D eigenvalue weighted by atomic mass is 10.1. The Hall–Kier alpha value is -0.500. The number of hydrogen-bond donors (Lipinski definition) is 0. The number of likely N-dealkylation sites (N-methyl/N-ethyl adjacent to an activating group) is 1. The molecule has 1 aliphatic heterocycles. The maximum atomic E-state index is 12.3. The van der Waals surface area contributed by atoms with Gasteiger partial charge < -0.3 is 4.90 Å². The second-order valence-electron chi connectivity index (χ2n) is 5.85. The second-order valence-corrected chi connectivity index (χ2v) is 7.10. The fourth-order valence-corrected chi connectivity index (χ4v) is 2.80. The minimum atomic E-state index is 0.230. The SMILES string of the molecule is CN(C)CCN1CCN(CC(=O)c2ccc(I)cc2)CC1. The van der Waals surface area contributed by atoms with Crippen molar-refractivity contribution in [2.75, 3.05) is 59.9 Å². The largest absolute Gasteiger partial charge is 0.308 e. The highest BCUT2D eigenvalue weighted by Crippen LogP contribution is 2.09. The lowest BCUT2D eigenvalue weighted by Gasteiger charge is -2.34. The Balaban J connectivity index is 1.75. The van der Waals surface area contributed by atoms with Gasteiger partial charge in [-0.25, -0.2) is 0 Å². The number of halogens is 1. The first-order valence-electron chi connectivity index (χ1n) is 7.43. The van der Waals surface area contributed by atoms with Crippen LogP contribution < -0.4 is 0 Å². The number of carbonyl (C=O) groups excluding carboxylic acids is 1. The van der Waals surface area contributed by atoms with E-state index in [4.69, 9.17) is 0 Å². The topological polar surface area (TPSA) is 26.8 Å². The van der Waals surface area contributed by atoms with E-state index in [1.807, 2.05) is 24.3 Å². The minimum Gasteiger partial charge on any atom is -0.308 e. The highest BCUT2D eigenvalue weighted by Gasteiger charge is 2.19. The van der Waals surface area contributed by atoms with Crippen LogP contribution in [-0.2, 0) is 0 Å². The third-order valence-electron chi connectivity index (χ3n) is 3.86. The van der Waals surface area contributed by atoms with E-state index in [-0.39, 0.29) is 5.78 Å². The zero-order valence-electron chi connectivity index (χ0n) is 12.9. The van der Waals surface area contributed by atoms with Gasteiger partial charge in [0.15, 0.2) is 5.78 Å². The molecule has 0 atom stereocenters. The Labute approximate surface area is 141 Å². The highest BCUT2D eigenvalue weighted by molar-refractivity contribution is 14.1. The van der Waals surface area contributed by atoms with Crippen LogP contribution in [0.4, 0.5) is 0 Å². The van der Waals surface area contributed by atoms with Gasteiger partial charge in [0.25, 0.3) is 0 Å². The average Bonchev–Trinajstić information content (AvgIpc) is 2.47. The molecule has 1 aliphatic rings. The summed E-state index contributed by atoms with van der Waals surface area (Å²) in [5, 5.41) is 0. The van der Waals surface area contributed by atoms with Crippen molar-refractivity contribution in [3.63, 3.8) is 0 Å². The zero-order valence-corrected chi connectivity index (χ0v) is 15.0. The number of benzene rings is 1. The van der Waals surface area contributed by atoms with Gasteiger partial charge in [-0.3, -0.25) is 14.6 Å². The summed E-state index contributed by atoms with van der Waals surface area (Å²) >= 11 is 2.26.